The summed E-state index contributed by atoms with van der Waals surface area (Å²) in [5.41, 5.74) is 4.78. The molecular weight excluding hydrogens is 491 g/mol. The molecule has 0 spiro atoms. The molecule has 1 saturated heterocycles. The molecular formula is C10H12N5O13P3-4. The van der Waals surface area contributed by atoms with Gasteiger partial charge in [0.05, 0.1) is 26.9 Å². The number of aromatic amines is 1. The van der Waals surface area contributed by atoms with E-state index < -0.39 is 54.1 Å². The van der Waals surface area contributed by atoms with Gasteiger partial charge in [0, 0.05) is 6.42 Å². The molecule has 2 aromatic heterocycles. The van der Waals surface area contributed by atoms with E-state index in [1.54, 1.807) is 0 Å². The number of phosphoric ester groups is 1. The number of phosphoric acid groups is 3. The van der Waals surface area contributed by atoms with E-state index in [1.807, 2.05) is 0 Å². The van der Waals surface area contributed by atoms with Crippen molar-refractivity contribution in [1.29, 1.82) is 0 Å². The van der Waals surface area contributed by atoms with Crippen LogP contribution in [-0.4, -0.2) is 43.4 Å². The first-order valence-corrected chi connectivity index (χ1v) is 12.3. The monoisotopic (exact) mass is 503 g/mol. The first kappa shape index (κ1) is 24.1. The zero-order chi connectivity index (χ0) is 23.2. The first-order valence-electron chi connectivity index (χ1n) is 7.93. The number of imidazole rings is 1. The second kappa shape index (κ2) is 8.44. The summed E-state index contributed by atoms with van der Waals surface area (Å²) in [5, 5.41) is 10.1. The minimum Gasteiger partial charge on any atom is -0.790 e. The number of anilines is 1. The lowest BCUT2D eigenvalue weighted by molar-refractivity contribution is -0.339. The molecule has 3 heterocycles. The van der Waals surface area contributed by atoms with E-state index in [-0.39, 0.29) is 23.5 Å². The summed E-state index contributed by atoms with van der Waals surface area (Å²) < 4.78 is 50.4. The predicted octanol–water partition coefficient (Wildman–Crippen LogP) is -3.83. The van der Waals surface area contributed by atoms with Crippen LogP contribution in [0.1, 0.15) is 12.6 Å². The van der Waals surface area contributed by atoms with Gasteiger partial charge in [-0.25, -0.2) is 9.29 Å². The summed E-state index contributed by atoms with van der Waals surface area (Å²) in [5.74, 6) is -0.216. The van der Waals surface area contributed by atoms with Crippen LogP contribution in [0.2, 0.25) is 0 Å². The minimum absolute atomic E-state index is 0.0157. The molecule has 0 radical (unpaired) electrons. The predicted molar refractivity (Wildman–Crippen MR) is 88.0 cm³/mol. The van der Waals surface area contributed by atoms with Crippen LogP contribution in [-0.2, 0) is 31.6 Å². The number of rotatable bonds is 8. The van der Waals surface area contributed by atoms with Crippen LogP contribution < -0.4 is 30.9 Å². The van der Waals surface area contributed by atoms with Gasteiger partial charge < -0.3 is 44.2 Å². The maximum absolute atomic E-state index is 11.8. The van der Waals surface area contributed by atoms with Crippen molar-refractivity contribution >= 4 is 40.6 Å². The van der Waals surface area contributed by atoms with E-state index in [2.05, 4.69) is 28.1 Å². The summed E-state index contributed by atoms with van der Waals surface area (Å²) in [6.07, 6.45) is -2.64. The van der Waals surface area contributed by atoms with Gasteiger partial charge in [-0.1, -0.05) is 0 Å². The average molecular weight is 503 g/mol. The van der Waals surface area contributed by atoms with E-state index in [0.29, 0.717) is 0 Å². The molecule has 4 N–H and O–H groups in total. The van der Waals surface area contributed by atoms with Gasteiger partial charge >= 0.3 is 0 Å². The highest BCUT2D eigenvalue weighted by Crippen LogP contribution is 2.60. The molecule has 21 heteroatoms. The molecule has 0 saturated carbocycles. The van der Waals surface area contributed by atoms with Crippen molar-refractivity contribution < 1.29 is 56.3 Å². The van der Waals surface area contributed by atoms with E-state index in [9.17, 15) is 43.2 Å². The molecule has 5 atom stereocenters. The second-order valence-corrected chi connectivity index (χ2v) is 10.3. The summed E-state index contributed by atoms with van der Waals surface area (Å²) in [4.78, 5) is 65.1. The zero-order valence-electron chi connectivity index (χ0n) is 14.8. The third-order valence-corrected chi connectivity index (χ3v) is 7.43. The number of nitrogen functional groups attached to an aromatic ring is 1. The standard InChI is InChI=1S/C10H16N5O13P3/c11-10-13-8-7(9(17)14-10)12-3-15(8)6-1-4(16)5(26-6)2-25-30(21,22)28-31(23,24)27-29(18,19)20/h3-6,16H,1-2H2,(H,21,22)(H,23,24)(H2,18,19,20)(H3,11,13,14,17)/p-4/t4?,5-,6-/m1/s1. The Bertz CT molecular complexity index is 1170. The summed E-state index contributed by atoms with van der Waals surface area (Å²) in [6.45, 7) is -0.965. The highest BCUT2D eigenvalue weighted by atomic mass is 31.3. The van der Waals surface area contributed by atoms with Crippen LogP contribution in [0.15, 0.2) is 11.1 Å². The van der Waals surface area contributed by atoms with Crippen LogP contribution >= 0.6 is 23.5 Å². The number of hydrogen-bond acceptors (Lipinski definition) is 16. The molecule has 3 unspecified atom stereocenters. The van der Waals surface area contributed by atoms with E-state index >= 15 is 0 Å². The van der Waals surface area contributed by atoms with E-state index in [1.165, 1.54) is 10.9 Å². The summed E-state index contributed by atoms with van der Waals surface area (Å²) >= 11 is 0. The van der Waals surface area contributed by atoms with Gasteiger partial charge in [0.15, 0.2) is 11.2 Å². The molecule has 0 amide bonds. The molecule has 1 aliphatic rings. The number of aliphatic hydroxyl groups excluding tert-OH is 1. The Labute approximate surface area is 171 Å². The van der Waals surface area contributed by atoms with Crippen molar-refractivity contribution in [3.63, 3.8) is 0 Å². The molecule has 3 rings (SSSR count). The molecule has 0 aromatic carbocycles. The van der Waals surface area contributed by atoms with E-state index in [4.69, 9.17) is 10.5 Å². The summed E-state index contributed by atoms with van der Waals surface area (Å²) in [7, 11) is -18.0. The number of hydrogen-bond donors (Lipinski definition) is 3. The van der Waals surface area contributed by atoms with Gasteiger partial charge in [-0.15, -0.1) is 0 Å². The Morgan fingerprint density at radius 1 is 1.26 bits per heavy atom. The fraction of sp³-hybridized carbons (Fsp3) is 0.500. The molecule has 31 heavy (non-hydrogen) atoms. The highest BCUT2D eigenvalue weighted by Gasteiger charge is 2.37. The quantitative estimate of drug-likeness (QED) is 0.291. The van der Waals surface area contributed by atoms with Crippen LogP contribution in [0.3, 0.4) is 0 Å². The Morgan fingerprint density at radius 2 is 1.94 bits per heavy atom. The van der Waals surface area contributed by atoms with E-state index in [0.717, 1.165) is 0 Å². The molecule has 18 nitrogen and oxygen atoms in total. The Balaban J connectivity index is 1.67. The third-order valence-electron chi connectivity index (χ3n) is 3.76. The maximum atomic E-state index is 11.8. The molecule has 0 bridgehead atoms. The van der Waals surface area contributed by atoms with Crippen molar-refractivity contribution in [3.8, 4) is 0 Å². The largest absolute Gasteiger partial charge is 0.790 e. The number of aromatic nitrogens is 4. The van der Waals surface area contributed by atoms with Crippen molar-refractivity contribution in [2.45, 2.75) is 24.9 Å². The molecule has 174 valence electrons. The van der Waals surface area contributed by atoms with Crippen LogP contribution in [0.4, 0.5) is 5.95 Å². The van der Waals surface area contributed by atoms with Gasteiger partial charge in [-0.2, -0.15) is 4.98 Å². The number of aliphatic hydroxyl groups is 1. The Kier molecular flexibility index (Phi) is 6.57. The molecule has 1 fully saturated rings. The van der Waals surface area contributed by atoms with Crippen molar-refractivity contribution in [1.82, 2.24) is 19.5 Å². The number of ether oxygens (including phenoxy) is 1. The lowest BCUT2D eigenvalue weighted by Gasteiger charge is -2.37. The molecule has 1 aliphatic heterocycles. The van der Waals surface area contributed by atoms with Gasteiger partial charge in [0.2, 0.25) is 5.95 Å². The number of fused-ring (bicyclic) bond motifs is 1. The molecule has 2 aromatic rings. The third kappa shape index (κ3) is 6.04. The van der Waals surface area contributed by atoms with Gasteiger partial charge in [0.1, 0.15) is 12.3 Å². The molecule has 0 aliphatic carbocycles. The van der Waals surface area contributed by atoms with Crippen molar-refractivity contribution in [3.05, 3.63) is 16.7 Å². The van der Waals surface area contributed by atoms with Crippen molar-refractivity contribution in [2.24, 2.45) is 0 Å². The van der Waals surface area contributed by atoms with Crippen LogP contribution in [0, 0.1) is 0 Å². The lowest BCUT2D eigenvalue weighted by atomic mass is 10.2. The first-order chi connectivity index (χ1) is 14.2. The topological polar surface area (TPSA) is 290 Å². The van der Waals surface area contributed by atoms with Gasteiger partial charge in [-0.3, -0.25) is 27.8 Å². The average Bonchev–Trinajstić information content (AvgIpc) is 3.13. The highest BCUT2D eigenvalue weighted by molar-refractivity contribution is 7.64. The number of nitrogens with one attached hydrogen (secondary N) is 1. The number of nitrogens with two attached hydrogens (primary N) is 1. The fourth-order valence-electron chi connectivity index (χ4n) is 2.64. The Hall–Kier alpha value is -1.52. The summed E-state index contributed by atoms with van der Waals surface area (Å²) in [6, 6.07) is 0. The minimum atomic E-state index is -6.12. The normalized spacial score (nSPS) is 26.0. The van der Waals surface area contributed by atoms with Gasteiger partial charge in [-0.05, 0) is 0 Å². The van der Waals surface area contributed by atoms with Crippen LogP contribution in [0.25, 0.3) is 11.2 Å². The van der Waals surface area contributed by atoms with Crippen LogP contribution in [0.5, 0.6) is 0 Å². The zero-order valence-corrected chi connectivity index (χ0v) is 17.5. The smallest absolute Gasteiger partial charge is 0.280 e. The maximum Gasteiger partial charge on any atom is 0.280 e. The Morgan fingerprint density at radius 3 is 2.58 bits per heavy atom. The number of H-pyrrole nitrogens is 1. The lowest BCUT2D eigenvalue weighted by Crippen LogP contribution is -2.27. The van der Waals surface area contributed by atoms with Crippen molar-refractivity contribution in [2.75, 3.05) is 12.3 Å². The SMILES string of the molecule is Nc1nc2c(ncn2[C@H]2CC(O)[C@@H](COP(=O)([O-])OP(=O)([O-])OP(=O)([O-])[O-])O2)c(=O)[nH]1. The second-order valence-electron chi connectivity index (χ2n) is 6.01. The number of nitrogens with zero attached hydrogens (tertiary/aromatic N) is 3. The van der Waals surface area contributed by atoms with Gasteiger partial charge in [0.25, 0.3) is 21.2 Å². The fourth-order valence-corrected chi connectivity index (χ4v) is 5.50.